The smallest absolute Gasteiger partial charge is 0.271 e. The average molecular weight is 777 g/mol. The Kier molecular flexibility index (Phi) is 12.1. The van der Waals surface area contributed by atoms with Crippen LogP contribution in [0.5, 0.6) is 0 Å². The first kappa shape index (κ1) is 39.0. The molecular formula is C38H48N8O6S2. The van der Waals surface area contributed by atoms with E-state index in [4.69, 9.17) is 19.5 Å². The molecule has 0 saturated heterocycles. The highest BCUT2D eigenvalue weighted by atomic mass is 32.1. The molecule has 3 aliphatic rings. The summed E-state index contributed by atoms with van der Waals surface area (Å²) in [5.74, 6) is -1.18. The Labute approximate surface area is 323 Å². The molecule has 3 aromatic rings. The van der Waals surface area contributed by atoms with Gasteiger partial charge in [-0.25, -0.2) is 20.0 Å². The Morgan fingerprint density at radius 3 is 1.69 bits per heavy atom. The predicted molar refractivity (Wildman–Crippen MR) is 207 cm³/mol. The molecule has 16 heteroatoms. The van der Waals surface area contributed by atoms with Crippen LogP contribution in [0.2, 0.25) is 0 Å². The van der Waals surface area contributed by atoms with Crippen LogP contribution in [0.4, 0.5) is 0 Å². The third-order valence-electron chi connectivity index (χ3n) is 10.2. The molecule has 14 nitrogen and oxygen atoms in total. The maximum absolute atomic E-state index is 14.0. The van der Waals surface area contributed by atoms with E-state index in [2.05, 4.69) is 31.2 Å². The Morgan fingerprint density at radius 2 is 1.17 bits per heavy atom. The average Bonchev–Trinajstić information content (AvgIpc) is 3.98. The molecule has 0 spiro atoms. The molecule has 0 radical (unpaired) electrons. The van der Waals surface area contributed by atoms with Gasteiger partial charge in [0.05, 0.1) is 12.1 Å². The van der Waals surface area contributed by atoms with E-state index in [-0.39, 0.29) is 46.8 Å². The monoisotopic (exact) mass is 776 g/mol. The first-order valence-corrected chi connectivity index (χ1v) is 20.3. The second kappa shape index (κ2) is 16.8. The Hall–Kier alpha value is -4.70. The van der Waals surface area contributed by atoms with Gasteiger partial charge < -0.3 is 30.7 Å². The zero-order valence-electron chi connectivity index (χ0n) is 31.5. The second-order valence-electron chi connectivity index (χ2n) is 14.3. The maximum Gasteiger partial charge on any atom is 0.271 e. The minimum absolute atomic E-state index is 0.0803. The van der Waals surface area contributed by atoms with E-state index in [9.17, 15) is 19.2 Å². The van der Waals surface area contributed by atoms with Crippen LogP contribution in [0, 0.1) is 11.8 Å². The standard InChI is InChI=1S/C38H48N8O6S2/c1-8-18(3)27-35-45-29(21(6)51-35)33(49)39-20(5)37-41-25(16-53-37)31(47)43-28(19(4)9-2)36-46-30(22(7)52-36)34(50)40-24(15-23-13-11-10-12-14-23)38-42-26(17-54-38)32(48)44-27/h10-14,16-22,24,27-30H,8-9,15H2,1-7H3,(H,39,49)(H,40,50)(H,43,47)(H,44,48)/t18?,19?,20-,21-,22-,24-,27+,28+,29?,30?/m1/s1. The molecule has 0 fully saturated rings. The summed E-state index contributed by atoms with van der Waals surface area (Å²) >= 11 is 2.53. The molecule has 6 rings (SSSR count). The highest BCUT2D eigenvalue weighted by Crippen LogP contribution is 2.28. The molecule has 2 aromatic heterocycles. The van der Waals surface area contributed by atoms with Gasteiger partial charge in [-0.3, -0.25) is 19.2 Å². The number of carbonyl (C=O) groups excluding carboxylic acids is 4. The van der Waals surface area contributed by atoms with Gasteiger partial charge in [0.2, 0.25) is 23.6 Å². The van der Waals surface area contributed by atoms with Gasteiger partial charge in [-0.1, -0.05) is 70.9 Å². The molecule has 54 heavy (non-hydrogen) atoms. The fraction of sp³-hybridized carbons (Fsp3) is 0.526. The van der Waals surface area contributed by atoms with Gasteiger partial charge in [0, 0.05) is 10.8 Å². The molecule has 4 unspecified atom stereocenters. The molecule has 8 bridgehead atoms. The zero-order valence-corrected chi connectivity index (χ0v) is 33.1. The lowest BCUT2D eigenvalue weighted by molar-refractivity contribution is -0.125. The van der Waals surface area contributed by atoms with Gasteiger partial charge in [0.15, 0.2) is 12.1 Å². The second-order valence-corrected chi connectivity index (χ2v) is 16.0. The highest BCUT2D eigenvalue weighted by molar-refractivity contribution is 7.10. The van der Waals surface area contributed by atoms with Crippen LogP contribution >= 0.6 is 22.7 Å². The number of hydrogen-bond donors (Lipinski definition) is 4. The molecule has 4 amide bonds. The number of carbonyl (C=O) groups is 4. The number of nitrogens with one attached hydrogen (secondary N) is 4. The lowest BCUT2D eigenvalue weighted by atomic mass is 9.98. The molecule has 4 N–H and O–H groups in total. The van der Waals surface area contributed by atoms with Crippen molar-refractivity contribution < 1.29 is 28.7 Å². The minimum atomic E-state index is -0.889. The maximum atomic E-state index is 14.0. The van der Waals surface area contributed by atoms with Crippen molar-refractivity contribution in [1.29, 1.82) is 0 Å². The van der Waals surface area contributed by atoms with Crippen molar-refractivity contribution in [3.63, 3.8) is 0 Å². The minimum Gasteiger partial charge on any atom is -0.474 e. The van der Waals surface area contributed by atoms with E-state index >= 15 is 0 Å². The van der Waals surface area contributed by atoms with Crippen molar-refractivity contribution in [2.24, 2.45) is 21.8 Å². The summed E-state index contributed by atoms with van der Waals surface area (Å²) in [6, 6.07) is 5.62. The van der Waals surface area contributed by atoms with Crippen molar-refractivity contribution in [3.8, 4) is 0 Å². The molecule has 0 aliphatic carbocycles. The van der Waals surface area contributed by atoms with Crippen molar-refractivity contribution in [3.05, 3.63) is 68.1 Å². The van der Waals surface area contributed by atoms with Crippen molar-refractivity contribution in [2.45, 2.75) is 116 Å². The Morgan fingerprint density at radius 1 is 0.685 bits per heavy atom. The van der Waals surface area contributed by atoms with E-state index in [1.165, 1.54) is 22.7 Å². The molecule has 1 aromatic carbocycles. The number of hydrogen-bond acceptors (Lipinski definition) is 12. The van der Waals surface area contributed by atoms with E-state index in [1.807, 2.05) is 58.0 Å². The van der Waals surface area contributed by atoms with E-state index in [0.717, 1.165) is 5.56 Å². The van der Waals surface area contributed by atoms with Crippen LogP contribution in [0.1, 0.15) is 110 Å². The van der Waals surface area contributed by atoms with E-state index in [1.54, 1.807) is 31.5 Å². The van der Waals surface area contributed by atoms with Crippen molar-refractivity contribution in [2.75, 3.05) is 0 Å². The van der Waals surface area contributed by atoms with Crippen LogP contribution < -0.4 is 21.3 Å². The van der Waals surface area contributed by atoms with E-state index in [0.29, 0.717) is 29.3 Å². The first-order valence-electron chi connectivity index (χ1n) is 18.5. The number of amides is 4. The lowest BCUT2D eigenvalue weighted by Crippen LogP contribution is -2.45. The van der Waals surface area contributed by atoms with Crippen LogP contribution in [-0.4, -0.2) is 81.8 Å². The number of aromatic nitrogens is 2. The van der Waals surface area contributed by atoms with Gasteiger partial charge in [0.1, 0.15) is 45.7 Å². The topological polar surface area (TPSA) is 185 Å². The third-order valence-corrected chi connectivity index (χ3v) is 12.2. The SMILES string of the molecule is CCC(C)[C@@H]1NC(=O)c2csc(n2)[C@@H](Cc2ccccc2)NC(=O)C2N=C(O[C@@H]2C)[C@H](C(C)CC)NC(=O)c2csc(n2)[C@@H](C)NC(=O)C2N=C1O[C@@H]2C. The fourth-order valence-electron chi connectivity index (χ4n) is 6.51. The number of thiazole rings is 2. The van der Waals surface area contributed by atoms with Gasteiger partial charge in [-0.2, -0.15) is 0 Å². The fourth-order valence-corrected chi connectivity index (χ4v) is 8.17. The lowest BCUT2D eigenvalue weighted by Gasteiger charge is -2.24. The summed E-state index contributed by atoms with van der Waals surface area (Å²) in [5.41, 5.74) is 1.35. The van der Waals surface area contributed by atoms with Crippen molar-refractivity contribution >= 4 is 58.1 Å². The molecule has 5 heterocycles. The third kappa shape index (κ3) is 8.49. The Balaban J connectivity index is 1.38. The van der Waals surface area contributed by atoms with E-state index < -0.39 is 60.3 Å². The number of aliphatic imine (C=N–C) groups is 2. The highest BCUT2D eigenvalue weighted by Gasteiger charge is 2.41. The van der Waals surface area contributed by atoms with Gasteiger partial charge >= 0.3 is 0 Å². The number of ether oxygens (including phenoxy) is 2. The van der Waals surface area contributed by atoms with Crippen LogP contribution in [-0.2, 0) is 25.5 Å². The van der Waals surface area contributed by atoms with Crippen molar-refractivity contribution in [1.82, 2.24) is 31.2 Å². The normalized spacial score (nSPS) is 28.9. The summed E-state index contributed by atoms with van der Waals surface area (Å²) in [5, 5.41) is 16.6. The van der Waals surface area contributed by atoms with Crippen LogP contribution in [0.3, 0.4) is 0 Å². The number of benzene rings is 1. The predicted octanol–water partition coefficient (Wildman–Crippen LogP) is 4.55. The quantitative estimate of drug-likeness (QED) is 0.281. The summed E-state index contributed by atoms with van der Waals surface area (Å²) in [7, 11) is 0. The van der Waals surface area contributed by atoms with Gasteiger partial charge in [0.25, 0.3) is 11.8 Å². The molecule has 3 aliphatic heterocycles. The zero-order chi connectivity index (χ0) is 38.7. The number of fused-ring (bicyclic) bond motifs is 6. The van der Waals surface area contributed by atoms with Crippen LogP contribution in [0.15, 0.2) is 51.1 Å². The van der Waals surface area contributed by atoms with Crippen LogP contribution in [0.25, 0.3) is 0 Å². The summed E-state index contributed by atoms with van der Waals surface area (Å²) in [4.78, 5) is 73.7. The number of nitrogens with zero attached hydrogens (tertiary/aromatic N) is 4. The first-order chi connectivity index (χ1) is 25.9. The molecule has 288 valence electrons. The summed E-state index contributed by atoms with van der Waals surface area (Å²) in [6.45, 7) is 13.3. The summed E-state index contributed by atoms with van der Waals surface area (Å²) in [6.07, 6.45) is 0.630. The molecule has 10 atom stereocenters. The Bertz CT molecular complexity index is 1910. The van der Waals surface area contributed by atoms with Gasteiger partial charge in [-0.15, -0.1) is 22.7 Å². The van der Waals surface area contributed by atoms with Gasteiger partial charge in [-0.05, 0) is 44.6 Å². The number of rotatable bonds is 6. The molecular weight excluding hydrogens is 729 g/mol. The summed E-state index contributed by atoms with van der Waals surface area (Å²) < 4.78 is 12.3. The molecule has 0 saturated carbocycles. The largest absolute Gasteiger partial charge is 0.474 e.